The summed E-state index contributed by atoms with van der Waals surface area (Å²) in [6.45, 7) is -0.683. The largest absolute Gasteiger partial charge is 0.482 e. The van der Waals surface area contributed by atoms with E-state index in [1.807, 2.05) is 6.07 Å². The molecule has 1 aliphatic heterocycles. The lowest BCUT2D eigenvalue weighted by atomic mass is 10.2. The van der Waals surface area contributed by atoms with Gasteiger partial charge >= 0.3 is 5.97 Å². The Morgan fingerprint density at radius 2 is 1.90 bits per heavy atom. The van der Waals surface area contributed by atoms with Gasteiger partial charge in [-0.3, -0.25) is 24.1 Å². The third-order valence-corrected chi connectivity index (χ3v) is 5.26. The first-order valence-electron chi connectivity index (χ1n) is 8.97. The highest BCUT2D eigenvalue weighted by Crippen LogP contribution is 2.33. The summed E-state index contributed by atoms with van der Waals surface area (Å²) in [5.74, 6) is -1.33. The number of hydrogen-bond acceptors (Lipinski definition) is 7. The topological polar surface area (TPSA) is 102 Å². The fourth-order valence-corrected chi connectivity index (χ4v) is 3.65. The Kier molecular flexibility index (Phi) is 7.32. The van der Waals surface area contributed by atoms with E-state index in [0.29, 0.717) is 17.0 Å². The van der Waals surface area contributed by atoms with Crippen molar-refractivity contribution in [2.75, 3.05) is 25.6 Å². The van der Waals surface area contributed by atoms with E-state index < -0.39 is 23.7 Å². The average molecular weight is 461 g/mol. The molecule has 10 heteroatoms. The second-order valence-corrected chi connectivity index (χ2v) is 7.64. The maximum atomic E-state index is 12.4. The zero-order valence-electron chi connectivity index (χ0n) is 16.3. The first kappa shape index (κ1) is 22.4. The Morgan fingerprint density at radius 3 is 2.58 bits per heavy atom. The Balaban J connectivity index is 1.63. The second kappa shape index (κ2) is 10.1. The minimum Gasteiger partial charge on any atom is -0.482 e. The van der Waals surface area contributed by atoms with Crippen molar-refractivity contribution >= 4 is 58.1 Å². The molecule has 2 aromatic rings. The number of carbonyl (C=O) groups excluding carboxylic acids is 4. The van der Waals surface area contributed by atoms with Crippen molar-refractivity contribution in [1.82, 2.24) is 4.90 Å². The van der Waals surface area contributed by atoms with Gasteiger partial charge in [0.15, 0.2) is 6.61 Å². The van der Waals surface area contributed by atoms with Crippen molar-refractivity contribution in [3.05, 3.63) is 64.0 Å². The molecule has 0 unspecified atom stereocenters. The highest BCUT2D eigenvalue weighted by atomic mass is 35.5. The molecule has 31 heavy (non-hydrogen) atoms. The zero-order valence-corrected chi connectivity index (χ0v) is 17.9. The molecule has 0 atom stereocenters. The third kappa shape index (κ3) is 5.87. The van der Waals surface area contributed by atoms with E-state index in [0.717, 1.165) is 16.7 Å². The molecule has 3 amide bonds. The Labute approximate surface area is 187 Å². The minimum absolute atomic E-state index is 0.154. The highest BCUT2D eigenvalue weighted by molar-refractivity contribution is 8.18. The van der Waals surface area contributed by atoms with Crippen molar-refractivity contribution in [2.45, 2.75) is 0 Å². The Hall–Kier alpha value is -3.30. The normalized spacial score (nSPS) is 14.6. The fourth-order valence-electron chi connectivity index (χ4n) is 2.57. The van der Waals surface area contributed by atoms with E-state index in [-0.39, 0.29) is 22.4 Å². The predicted octanol–water partition coefficient (Wildman–Crippen LogP) is 3.57. The maximum absolute atomic E-state index is 12.4. The van der Waals surface area contributed by atoms with Gasteiger partial charge in [0.1, 0.15) is 12.3 Å². The fraction of sp³-hybridized carbons (Fsp3) is 0.143. The summed E-state index contributed by atoms with van der Waals surface area (Å²) in [7, 11) is 1.17. The van der Waals surface area contributed by atoms with Gasteiger partial charge in [-0.1, -0.05) is 35.9 Å². The molecule has 1 saturated heterocycles. The van der Waals surface area contributed by atoms with E-state index in [2.05, 4.69) is 10.1 Å². The molecule has 1 aliphatic rings. The number of methoxy groups -OCH3 is 1. The lowest BCUT2D eigenvalue weighted by molar-refractivity contribution is -0.143. The molecule has 0 spiro atoms. The molecular formula is C21H17ClN2O6S. The van der Waals surface area contributed by atoms with Crippen molar-refractivity contribution in [1.29, 1.82) is 0 Å². The minimum atomic E-state index is -0.690. The smallest absolute Gasteiger partial charge is 0.325 e. The number of ether oxygens (including phenoxy) is 2. The van der Waals surface area contributed by atoms with Crippen LogP contribution in [-0.4, -0.2) is 48.2 Å². The molecule has 1 N–H and O–H groups in total. The molecular weight excluding hydrogens is 444 g/mol. The number of nitrogens with zero attached hydrogens (tertiary/aromatic N) is 1. The molecule has 2 aromatic carbocycles. The molecule has 8 nitrogen and oxygen atoms in total. The lowest BCUT2D eigenvalue weighted by Gasteiger charge is -2.10. The molecule has 0 aliphatic carbocycles. The molecule has 1 heterocycles. The number of amides is 3. The summed E-state index contributed by atoms with van der Waals surface area (Å²) in [5, 5.41) is 2.37. The van der Waals surface area contributed by atoms with E-state index >= 15 is 0 Å². The number of nitrogens with one attached hydrogen (secondary N) is 1. The van der Waals surface area contributed by atoms with Crippen molar-refractivity contribution in [2.24, 2.45) is 0 Å². The number of carbonyl (C=O) groups is 4. The van der Waals surface area contributed by atoms with Crippen LogP contribution in [0.3, 0.4) is 0 Å². The van der Waals surface area contributed by atoms with Crippen LogP contribution in [-0.2, 0) is 19.1 Å². The summed E-state index contributed by atoms with van der Waals surface area (Å²) < 4.78 is 9.95. The molecule has 0 aromatic heterocycles. The molecule has 160 valence electrons. The molecule has 1 fully saturated rings. The van der Waals surface area contributed by atoms with Gasteiger partial charge in [0.2, 0.25) is 0 Å². The van der Waals surface area contributed by atoms with Gasteiger partial charge in [0.25, 0.3) is 17.1 Å². The second-order valence-electron chi connectivity index (χ2n) is 6.24. The highest BCUT2D eigenvalue weighted by Gasteiger charge is 2.36. The lowest BCUT2D eigenvalue weighted by Crippen LogP contribution is -2.34. The van der Waals surface area contributed by atoms with Crippen LogP contribution in [0.4, 0.5) is 10.5 Å². The summed E-state index contributed by atoms with van der Waals surface area (Å²) in [4.78, 5) is 48.6. The predicted molar refractivity (Wildman–Crippen MR) is 117 cm³/mol. The van der Waals surface area contributed by atoms with Crippen LogP contribution in [0.25, 0.3) is 6.08 Å². The van der Waals surface area contributed by atoms with Gasteiger partial charge in [-0.2, -0.15) is 0 Å². The SMILES string of the molecule is COC(=O)CN1C(=O)S/C(=C/c2ccc(OCC(=O)Nc3ccccc3)c(Cl)c2)C1=O. The third-order valence-electron chi connectivity index (χ3n) is 4.06. The summed E-state index contributed by atoms with van der Waals surface area (Å²) >= 11 is 6.94. The number of esters is 1. The number of halogens is 1. The summed E-state index contributed by atoms with van der Waals surface area (Å²) in [6.07, 6.45) is 1.49. The van der Waals surface area contributed by atoms with E-state index in [1.54, 1.807) is 42.5 Å². The Morgan fingerprint density at radius 1 is 1.16 bits per heavy atom. The average Bonchev–Trinajstić information content (AvgIpc) is 3.01. The molecule has 3 rings (SSSR count). The van der Waals surface area contributed by atoms with Gasteiger partial charge in [-0.15, -0.1) is 0 Å². The van der Waals surface area contributed by atoms with Crippen LogP contribution >= 0.6 is 23.4 Å². The monoisotopic (exact) mass is 460 g/mol. The van der Waals surface area contributed by atoms with Crippen LogP contribution in [0.15, 0.2) is 53.4 Å². The van der Waals surface area contributed by atoms with Gasteiger partial charge < -0.3 is 14.8 Å². The molecule has 0 saturated carbocycles. The van der Waals surface area contributed by atoms with E-state index in [9.17, 15) is 19.2 Å². The quantitative estimate of drug-likeness (QED) is 0.497. The van der Waals surface area contributed by atoms with Crippen molar-refractivity contribution in [3.63, 3.8) is 0 Å². The number of rotatable bonds is 7. The molecule has 0 radical (unpaired) electrons. The van der Waals surface area contributed by atoms with Crippen LogP contribution in [0.5, 0.6) is 5.75 Å². The number of benzene rings is 2. The first-order valence-corrected chi connectivity index (χ1v) is 10.2. The van der Waals surface area contributed by atoms with Gasteiger partial charge in [0.05, 0.1) is 17.0 Å². The van der Waals surface area contributed by atoms with E-state index in [4.69, 9.17) is 16.3 Å². The zero-order chi connectivity index (χ0) is 22.4. The number of imide groups is 1. The summed E-state index contributed by atoms with van der Waals surface area (Å²) in [6, 6.07) is 13.7. The van der Waals surface area contributed by atoms with Crippen molar-refractivity contribution < 1.29 is 28.7 Å². The van der Waals surface area contributed by atoms with Crippen LogP contribution in [0.2, 0.25) is 5.02 Å². The number of hydrogen-bond donors (Lipinski definition) is 1. The molecule has 0 bridgehead atoms. The Bertz CT molecular complexity index is 1060. The first-order chi connectivity index (χ1) is 14.9. The van der Waals surface area contributed by atoms with Gasteiger partial charge in [-0.25, -0.2) is 0 Å². The number of para-hydroxylation sites is 1. The van der Waals surface area contributed by atoms with Crippen LogP contribution in [0, 0.1) is 0 Å². The van der Waals surface area contributed by atoms with Gasteiger partial charge in [0, 0.05) is 5.69 Å². The van der Waals surface area contributed by atoms with Crippen LogP contribution < -0.4 is 10.1 Å². The van der Waals surface area contributed by atoms with Crippen molar-refractivity contribution in [3.8, 4) is 5.75 Å². The van der Waals surface area contributed by atoms with Crippen LogP contribution in [0.1, 0.15) is 5.56 Å². The van der Waals surface area contributed by atoms with Gasteiger partial charge in [-0.05, 0) is 47.7 Å². The standard InChI is InChI=1S/C21H17ClN2O6S/c1-29-19(26)11-24-20(27)17(31-21(24)28)10-13-7-8-16(15(22)9-13)30-12-18(25)23-14-5-3-2-4-6-14/h2-10H,11-12H2,1H3,(H,23,25)/b17-10+. The number of thioether (sulfide) groups is 1. The number of anilines is 1. The summed E-state index contributed by atoms with van der Waals surface area (Å²) in [5.41, 5.74) is 1.20. The van der Waals surface area contributed by atoms with E-state index in [1.165, 1.54) is 13.2 Å². The maximum Gasteiger partial charge on any atom is 0.325 e.